The minimum Gasteiger partial charge on any atom is -0.367 e. The van der Waals surface area contributed by atoms with Crippen molar-refractivity contribution in [1.29, 1.82) is 0 Å². The number of nitrogens with one attached hydrogen (secondary N) is 1. The Hall–Kier alpha value is -1.20. The summed E-state index contributed by atoms with van der Waals surface area (Å²) in [5, 5.41) is 5.34. The maximum Gasteiger partial charge on any atom is 0.129 e. The molecule has 0 atom stereocenters. The van der Waals surface area contributed by atoms with Crippen molar-refractivity contribution in [3.05, 3.63) is 18.1 Å². The molecule has 94 valence electrons. The Morgan fingerprint density at radius 1 is 1.35 bits per heavy atom. The molecule has 2 rings (SSSR count). The summed E-state index contributed by atoms with van der Waals surface area (Å²) in [7, 11) is 0. The zero-order chi connectivity index (χ0) is 12.3. The molecule has 0 unspecified atom stereocenters. The molecule has 0 saturated carbocycles. The molecular weight excluding hydrogens is 214 g/mol. The third-order valence-corrected chi connectivity index (χ3v) is 3.16. The van der Waals surface area contributed by atoms with E-state index in [4.69, 9.17) is 5.84 Å². The third kappa shape index (κ3) is 3.38. The highest BCUT2D eigenvalue weighted by atomic mass is 15.4. The quantitative estimate of drug-likeness (QED) is 0.774. The van der Waals surface area contributed by atoms with Gasteiger partial charge in [0, 0.05) is 30.9 Å². The molecule has 1 aromatic heterocycles. The van der Waals surface area contributed by atoms with Gasteiger partial charge in [-0.05, 0) is 18.8 Å². The van der Waals surface area contributed by atoms with Crippen molar-refractivity contribution in [1.82, 2.24) is 15.0 Å². The van der Waals surface area contributed by atoms with Gasteiger partial charge in [-0.3, -0.25) is 5.84 Å². The Morgan fingerprint density at radius 2 is 2.06 bits per heavy atom. The molecule has 2 heterocycles. The van der Waals surface area contributed by atoms with Crippen molar-refractivity contribution < 1.29 is 0 Å². The molecule has 0 aromatic carbocycles. The normalized spacial score (nSPS) is 18.6. The number of piperidine rings is 1. The van der Waals surface area contributed by atoms with Gasteiger partial charge in [-0.15, -0.1) is 0 Å². The molecule has 0 bridgehead atoms. The van der Waals surface area contributed by atoms with Gasteiger partial charge in [0.2, 0.25) is 0 Å². The van der Waals surface area contributed by atoms with Gasteiger partial charge in [-0.1, -0.05) is 13.8 Å². The van der Waals surface area contributed by atoms with Gasteiger partial charge in [0.1, 0.15) is 12.1 Å². The van der Waals surface area contributed by atoms with Crippen LogP contribution < -0.4 is 11.2 Å². The van der Waals surface area contributed by atoms with E-state index in [0.29, 0.717) is 12.0 Å². The number of hydrogen-bond acceptors (Lipinski definition) is 5. The van der Waals surface area contributed by atoms with Gasteiger partial charge in [0.25, 0.3) is 0 Å². The molecule has 1 aliphatic rings. The molecule has 1 aliphatic heterocycles. The van der Waals surface area contributed by atoms with Crippen LogP contribution in [0, 0.1) is 0 Å². The Bertz CT molecular complexity index is 358. The molecule has 5 heteroatoms. The first-order chi connectivity index (χ1) is 8.15. The molecule has 0 radical (unpaired) electrons. The average molecular weight is 235 g/mol. The number of hydrogen-bond donors (Lipinski definition) is 2. The largest absolute Gasteiger partial charge is 0.367 e. The van der Waals surface area contributed by atoms with Crippen molar-refractivity contribution in [2.24, 2.45) is 5.84 Å². The van der Waals surface area contributed by atoms with Crippen LogP contribution in [-0.4, -0.2) is 34.1 Å². The van der Waals surface area contributed by atoms with E-state index in [1.54, 1.807) is 6.33 Å². The minimum absolute atomic E-state index is 0.435. The van der Waals surface area contributed by atoms with E-state index in [1.165, 1.54) is 0 Å². The van der Waals surface area contributed by atoms with Gasteiger partial charge in [-0.25, -0.2) is 15.0 Å². The standard InChI is InChI=1S/C12H21N5/c1-9(2)11-7-12(15-8-14-11)16-10-3-5-17(13)6-4-10/h7-10H,3-6,13H2,1-2H3,(H,14,15,16). The van der Waals surface area contributed by atoms with Crippen LogP contribution in [0.4, 0.5) is 5.82 Å². The summed E-state index contributed by atoms with van der Waals surface area (Å²) in [6, 6.07) is 2.52. The fourth-order valence-electron chi connectivity index (χ4n) is 2.02. The highest BCUT2D eigenvalue weighted by molar-refractivity contribution is 5.36. The van der Waals surface area contributed by atoms with Gasteiger partial charge < -0.3 is 5.32 Å². The second-order valence-corrected chi connectivity index (χ2v) is 4.94. The second kappa shape index (κ2) is 5.42. The Morgan fingerprint density at radius 3 is 2.71 bits per heavy atom. The van der Waals surface area contributed by atoms with Crippen molar-refractivity contribution >= 4 is 5.82 Å². The Balaban J connectivity index is 1.96. The van der Waals surface area contributed by atoms with E-state index in [1.807, 2.05) is 11.1 Å². The van der Waals surface area contributed by atoms with Crippen LogP contribution in [0.25, 0.3) is 0 Å². The molecule has 0 spiro atoms. The SMILES string of the molecule is CC(C)c1cc(NC2CCN(N)CC2)ncn1. The zero-order valence-electron chi connectivity index (χ0n) is 10.6. The van der Waals surface area contributed by atoms with Crippen molar-refractivity contribution in [3.8, 4) is 0 Å². The van der Waals surface area contributed by atoms with Crippen LogP contribution in [0.15, 0.2) is 12.4 Å². The number of nitrogens with two attached hydrogens (primary N) is 1. The Labute approximate surface area is 102 Å². The number of anilines is 1. The first-order valence-electron chi connectivity index (χ1n) is 6.23. The lowest BCUT2D eigenvalue weighted by atomic mass is 10.1. The lowest BCUT2D eigenvalue weighted by Crippen LogP contribution is -2.42. The van der Waals surface area contributed by atoms with Gasteiger partial charge in [0.05, 0.1) is 0 Å². The Kier molecular flexibility index (Phi) is 3.91. The third-order valence-electron chi connectivity index (χ3n) is 3.16. The fraction of sp³-hybridized carbons (Fsp3) is 0.667. The zero-order valence-corrected chi connectivity index (χ0v) is 10.6. The topological polar surface area (TPSA) is 67.1 Å². The van der Waals surface area contributed by atoms with Crippen LogP contribution in [-0.2, 0) is 0 Å². The van der Waals surface area contributed by atoms with Crippen molar-refractivity contribution in [3.63, 3.8) is 0 Å². The molecule has 17 heavy (non-hydrogen) atoms. The van der Waals surface area contributed by atoms with E-state index < -0.39 is 0 Å². The average Bonchev–Trinajstić information content (AvgIpc) is 2.32. The monoisotopic (exact) mass is 235 g/mol. The molecule has 5 nitrogen and oxygen atoms in total. The minimum atomic E-state index is 0.435. The summed E-state index contributed by atoms with van der Waals surface area (Å²) < 4.78 is 0. The van der Waals surface area contributed by atoms with Crippen LogP contribution in [0.3, 0.4) is 0 Å². The number of rotatable bonds is 3. The predicted molar refractivity (Wildman–Crippen MR) is 68.5 cm³/mol. The van der Waals surface area contributed by atoms with E-state index >= 15 is 0 Å². The van der Waals surface area contributed by atoms with E-state index in [-0.39, 0.29) is 0 Å². The first kappa shape index (κ1) is 12.3. The maximum atomic E-state index is 5.73. The van der Waals surface area contributed by atoms with Crippen LogP contribution in [0.2, 0.25) is 0 Å². The molecule has 1 fully saturated rings. The lowest BCUT2D eigenvalue weighted by Gasteiger charge is -2.29. The summed E-state index contributed by atoms with van der Waals surface area (Å²) in [6.45, 7) is 6.16. The summed E-state index contributed by atoms with van der Waals surface area (Å²) in [5.74, 6) is 7.10. The molecule has 3 N–H and O–H groups in total. The molecule has 0 aliphatic carbocycles. The molecule has 0 amide bonds. The summed E-state index contributed by atoms with van der Waals surface area (Å²) in [4.78, 5) is 8.53. The van der Waals surface area contributed by atoms with Crippen molar-refractivity contribution in [2.75, 3.05) is 18.4 Å². The molecular formula is C12H21N5. The summed E-state index contributed by atoms with van der Waals surface area (Å²) >= 11 is 0. The van der Waals surface area contributed by atoms with Crippen LogP contribution in [0.1, 0.15) is 38.3 Å². The van der Waals surface area contributed by atoms with Gasteiger partial charge >= 0.3 is 0 Å². The molecule has 1 aromatic rings. The predicted octanol–water partition coefficient (Wildman–Crippen LogP) is 1.35. The van der Waals surface area contributed by atoms with Gasteiger partial charge in [-0.2, -0.15) is 0 Å². The highest BCUT2D eigenvalue weighted by Gasteiger charge is 2.17. The van der Waals surface area contributed by atoms with E-state index in [9.17, 15) is 0 Å². The lowest BCUT2D eigenvalue weighted by molar-refractivity contribution is 0.224. The highest BCUT2D eigenvalue weighted by Crippen LogP contribution is 2.17. The number of aromatic nitrogens is 2. The fourth-order valence-corrected chi connectivity index (χ4v) is 2.02. The number of nitrogens with zero attached hydrogens (tertiary/aromatic N) is 3. The number of hydrazine groups is 1. The van der Waals surface area contributed by atoms with Crippen LogP contribution in [0.5, 0.6) is 0 Å². The van der Waals surface area contributed by atoms with E-state index in [2.05, 4.69) is 29.1 Å². The van der Waals surface area contributed by atoms with Gasteiger partial charge in [0.15, 0.2) is 0 Å². The summed E-state index contributed by atoms with van der Waals surface area (Å²) in [6.07, 6.45) is 3.77. The van der Waals surface area contributed by atoms with Crippen molar-refractivity contribution in [2.45, 2.75) is 38.6 Å². The van der Waals surface area contributed by atoms with Crippen LogP contribution >= 0.6 is 0 Å². The summed E-state index contributed by atoms with van der Waals surface area (Å²) in [5.41, 5.74) is 1.08. The van der Waals surface area contributed by atoms with E-state index in [0.717, 1.165) is 37.4 Å². The maximum absolute atomic E-state index is 5.73. The first-order valence-corrected chi connectivity index (χ1v) is 6.23. The molecule has 1 saturated heterocycles. The second-order valence-electron chi connectivity index (χ2n) is 4.94. The smallest absolute Gasteiger partial charge is 0.129 e.